The molecule has 0 bridgehead atoms. The van der Waals surface area contributed by atoms with Gasteiger partial charge in [0.2, 0.25) is 5.91 Å². The molecule has 0 unspecified atom stereocenters. The van der Waals surface area contributed by atoms with E-state index in [2.05, 4.69) is 10.3 Å². The van der Waals surface area contributed by atoms with Crippen LogP contribution in [0.25, 0.3) is 0 Å². The minimum absolute atomic E-state index is 0.0504. The Morgan fingerprint density at radius 1 is 1.26 bits per heavy atom. The van der Waals surface area contributed by atoms with E-state index in [0.717, 1.165) is 18.2 Å². The van der Waals surface area contributed by atoms with Crippen LogP contribution in [0.3, 0.4) is 0 Å². The number of nitrogens with one attached hydrogen (secondary N) is 1. The van der Waals surface area contributed by atoms with Gasteiger partial charge in [0.05, 0.1) is 11.1 Å². The molecule has 0 spiro atoms. The molecule has 122 valence electrons. The topological polar surface area (TPSA) is 85.1 Å². The maximum atomic E-state index is 12.8. The van der Waals surface area contributed by atoms with Crippen LogP contribution in [0.5, 0.6) is 0 Å². The normalized spacial score (nSPS) is 14.1. The van der Waals surface area contributed by atoms with E-state index < -0.39 is 29.1 Å². The first-order valence-electron chi connectivity index (χ1n) is 6.33. The molecule has 1 aromatic heterocycles. The summed E-state index contributed by atoms with van der Waals surface area (Å²) in [4.78, 5) is 27.7. The van der Waals surface area contributed by atoms with E-state index in [1.165, 1.54) is 35.2 Å². The number of hydrogen-bond acceptors (Lipinski definition) is 4. The Morgan fingerprint density at radius 3 is 2.43 bits per heavy atom. The second kappa shape index (κ2) is 5.99. The molecule has 5 nitrogen and oxygen atoms in total. The molecule has 3 N–H and O–H groups in total. The van der Waals surface area contributed by atoms with Gasteiger partial charge in [0.1, 0.15) is 11.2 Å². The molecule has 0 aliphatic rings. The molecule has 0 saturated carbocycles. The molecule has 0 fully saturated rings. The molecular weight excluding hydrogens is 331 g/mol. The summed E-state index contributed by atoms with van der Waals surface area (Å²) in [5.41, 5.74) is 3.97. The van der Waals surface area contributed by atoms with E-state index >= 15 is 0 Å². The van der Waals surface area contributed by atoms with Gasteiger partial charge in [-0.3, -0.25) is 9.59 Å². The molecule has 2 amide bonds. The Labute approximate surface area is 133 Å². The number of rotatable bonds is 4. The summed E-state index contributed by atoms with van der Waals surface area (Å²) in [5.74, 6) is -1.69. The Morgan fingerprint density at radius 2 is 1.91 bits per heavy atom. The number of primary amides is 1. The minimum Gasteiger partial charge on any atom is -0.367 e. The molecule has 1 heterocycles. The second-order valence-electron chi connectivity index (χ2n) is 4.90. The number of halogens is 3. The van der Waals surface area contributed by atoms with Crippen LogP contribution in [0.15, 0.2) is 35.2 Å². The third-order valence-electron chi connectivity index (χ3n) is 3.29. The van der Waals surface area contributed by atoms with Crippen molar-refractivity contribution in [2.24, 2.45) is 5.73 Å². The number of nitrogens with zero attached hydrogens (tertiary/aromatic N) is 1. The van der Waals surface area contributed by atoms with Crippen LogP contribution >= 0.6 is 11.3 Å². The van der Waals surface area contributed by atoms with E-state index in [9.17, 15) is 22.8 Å². The van der Waals surface area contributed by atoms with Crippen LogP contribution in [-0.2, 0) is 16.5 Å². The van der Waals surface area contributed by atoms with Gasteiger partial charge in [0.25, 0.3) is 5.91 Å². The standard InChI is InChI=1S/C14H12F3N3O2S/c1-13(12(18)22,20-11(21)10-6-23-7-19-10)8-3-2-4-9(5-8)14(15,16)17/h2-7H,1H3,(H2,18,22)(H,20,21)/t13-/m1/s1. The average Bonchev–Trinajstić information content (AvgIpc) is 3.00. The fraction of sp³-hybridized carbons (Fsp3) is 0.214. The molecule has 2 aromatic rings. The van der Waals surface area contributed by atoms with Crippen molar-refractivity contribution in [1.82, 2.24) is 10.3 Å². The third-order valence-corrected chi connectivity index (χ3v) is 3.88. The summed E-state index contributed by atoms with van der Waals surface area (Å²) in [7, 11) is 0. The molecular formula is C14H12F3N3O2S. The monoisotopic (exact) mass is 343 g/mol. The van der Waals surface area contributed by atoms with Gasteiger partial charge in [-0.2, -0.15) is 13.2 Å². The van der Waals surface area contributed by atoms with Gasteiger partial charge in [-0.25, -0.2) is 4.98 Å². The van der Waals surface area contributed by atoms with E-state index in [4.69, 9.17) is 5.73 Å². The lowest BCUT2D eigenvalue weighted by Crippen LogP contribution is -2.52. The van der Waals surface area contributed by atoms with Crippen LogP contribution in [0.4, 0.5) is 13.2 Å². The lowest BCUT2D eigenvalue weighted by Gasteiger charge is -2.28. The first kappa shape index (κ1) is 16.9. The highest BCUT2D eigenvalue weighted by molar-refractivity contribution is 7.07. The Bertz CT molecular complexity index is 731. The summed E-state index contributed by atoms with van der Waals surface area (Å²) in [6.07, 6.45) is -4.58. The van der Waals surface area contributed by atoms with Crippen LogP contribution < -0.4 is 11.1 Å². The Balaban J connectivity index is 2.41. The number of benzene rings is 1. The lowest BCUT2D eigenvalue weighted by molar-refractivity contribution is -0.137. The van der Waals surface area contributed by atoms with Crippen molar-refractivity contribution in [3.8, 4) is 0 Å². The Kier molecular flexibility index (Phi) is 4.42. The van der Waals surface area contributed by atoms with Crippen LogP contribution in [-0.4, -0.2) is 16.8 Å². The van der Waals surface area contributed by atoms with Crippen molar-refractivity contribution in [3.63, 3.8) is 0 Å². The molecule has 2 rings (SSSR count). The molecule has 0 aliphatic carbocycles. The van der Waals surface area contributed by atoms with Gasteiger partial charge in [0.15, 0.2) is 0 Å². The van der Waals surface area contributed by atoms with Crippen molar-refractivity contribution in [2.75, 3.05) is 0 Å². The van der Waals surface area contributed by atoms with Gasteiger partial charge in [-0.15, -0.1) is 11.3 Å². The molecule has 9 heteroatoms. The summed E-state index contributed by atoms with van der Waals surface area (Å²) >= 11 is 1.17. The van der Waals surface area contributed by atoms with E-state index in [1.54, 1.807) is 0 Å². The number of carbonyl (C=O) groups excluding carboxylic acids is 2. The van der Waals surface area contributed by atoms with Gasteiger partial charge in [-0.1, -0.05) is 12.1 Å². The fourth-order valence-corrected chi connectivity index (χ4v) is 2.43. The number of hydrogen-bond donors (Lipinski definition) is 2. The maximum absolute atomic E-state index is 12.8. The van der Waals surface area contributed by atoms with Crippen LogP contribution in [0.1, 0.15) is 28.5 Å². The van der Waals surface area contributed by atoms with Gasteiger partial charge in [-0.05, 0) is 24.6 Å². The number of amides is 2. The second-order valence-corrected chi connectivity index (χ2v) is 5.61. The zero-order valence-electron chi connectivity index (χ0n) is 11.8. The smallest absolute Gasteiger partial charge is 0.367 e. The number of nitrogens with two attached hydrogens (primary N) is 1. The van der Waals surface area contributed by atoms with Crippen LogP contribution in [0.2, 0.25) is 0 Å². The number of aromatic nitrogens is 1. The molecule has 1 atom stereocenters. The molecule has 1 aromatic carbocycles. The summed E-state index contributed by atoms with van der Waals surface area (Å²) in [5, 5.41) is 3.80. The first-order chi connectivity index (χ1) is 10.6. The number of thiazole rings is 1. The largest absolute Gasteiger partial charge is 0.416 e. The summed E-state index contributed by atoms with van der Waals surface area (Å²) in [6.45, 7) is 1.25. The highest BCUT2D eigenvalue weighted by Crippen LogP contribution is 2.32. The zero-order chi connectivity index (χ0) is 17.3. The zero-order valence-corrected chi connectivity index (χ0v) is 12.7. The Hall–Kier alpha value is -2.42. The number of carbonyl (C=O) groups is 2. The van der Waals surface area contributed by atoms with Crippen molar-refractivity contribution in [3.05, 3.63) is 52.0 Å². The van der Waals surface area contributed by atoms with Crippen molar-refractivity contribution >= 4 is 23.2 Å². The summed E-state index contributed by atoms with van der Waals surface area (Å²) in [6, 6.07) is 4.09. The summed E-state index contributed by atoms with van der Waals surface area (Å²) < 4.78 is 38.5. The van der Waals surface area contributed by atoms with E-state index in [-0.39, 0.29) is 11.3 Å². The minimum atomic E-state index is -4.58. The van der Waals surface area contributed by atoms with Gasteiger partial charge in [0, 0.05) is 5.38 Å². The highest BCUT2D eigenvalue weighted by Gasteiger charge is 2.38. The maximum Gasteiger partial charge on any atom is 0.416 e. The highest BCUT2D eigenvalue weighted by atomic mass is 32.1. The molecule has 0 aliphatic heterocycles. The average molecular weight is 343 g/mol. The van der Waals surface area contributed by atoms with E-state index in [1.807, 2.05) is 0 Å². The van der Waals surface area contributed by atoms with Crippen molar-refractivity contribution < 1.29 is 22.8 Å². The third kappa shape index (κ3) is 3.50. The number of alkyl halides is 3. The van der Waals surface area contributed by atoms with Gasteiger partial charge < -0.3 is 11.1 Å². The van der Waals surface area contributed by atoms with Crippen molar-refractivity contribution in [2.45, 2.75) is 18.6 Å². The first-order valence-corrected chi connectivity index (χ1v) is 7.27. The fourth-order valence-electron chi connectivity index (χ4n) is 1.90. The SMILES string of the molecule is C[C@](NC(=O)c1cscn1)(C(N)=O)c1cccc(C(F)(F)F)c1. The lowest BCUT2D eigenvalue weighted by atomic mass is 9.89. The quantitative estimate of drug-likeness (QED) is 0.893. The van der Waals surface area contributed by atoms with E-state index in [0.29, 0.717) is 0 Å². The molecule has 0 radical (unpaired) electrons. The van der Waals surface area contributed by atoms with Crippen LogP contribution in [0, 0.1) is 0 Å². The molecule has 23 heavy (non-hydrogen) atoms. The predicted molar refractivity (Wildman–Crippen MR) is 77.6 cm³/mol. The molecule has 0 saturated heterocycles. The van der Waals surface area contributed by atoms with Gasteiger partial charge >= 0.3 is 6.18 Å². The van der Waals surface area contributed by atoms with Crippen molar-refractivity contribution in [1.29, 1.82) is 0 Å². The predicted octanol–water partition coefficient (Wildman–Crippen LogP) is 2.29.